The van der Waals surface area contributed by atoms with Gasteiger partial charge in [-0.1, -0.05) is 34.6 Å². The van der Waals surface area contributed by atoms with Crippen molar-refractivity contribution in [1.82, 2.24) is 25.4 Å². The van der Waals surface area contributed by atoms with Gasteiger partial charge in [0, 0.05) is 86.3 Å². The minimum atomic E-state index is -1.09. The number of aliphatic carboxylic acids is 1. The van der Waals surface area contributed by atoms with E-state index in [0.717, 1.165) is 66.6 Å². The van der Waals surface area contributed by atoms with Gasteiger partial charge in [0.05, 0.1) is 53.9 Å². The van der Waals surface area contributed by atoms with E-state index in [9.17, 15) is 48.9 Å². The van der Waals surface area contributed by atoms with Crippen LogP contribution in [0, 0.1) is 58.7 Å². The topological polar surface area (TPSA) is 251 Å². The Morgan fingerprint density at radius 2 is 1.55 bits per heavy atom. The van der Waals surface area contributed by atoms with Crippen molar-refractivity contribution in [3.05, 3.63) is 45.5 Å². The van der Waals surface area contributed by atoms with Crippen LogP contribution < -0.4 is 15.4 Å². The van der Waals surface area contributed by atoms with Gasteiger partial charge in [-0.2, -0.15) is 0 Å². The van der Waals surface area contributed by atoms with Gasteiger partial charge in [0.1, 0.15) is 11.8 Å². The first-order valence-electron chi connectivity index (χ1n) is 30.1. The average molecular weight is 1160 g/mol. The molecule has 18 nitrogen and oxygen atoms in total. The molecule has 4 fully saturated rings. The molecule has 5 aliphatic rings. The molecule has 4 saturated carbocycles. The lowest BCUT2D eigenvalue weighted by molar-refractivity contribution is -0.175. The van der Waals surface area contributed by atoms with Crippen molar-refractivity contribution < 1.29 is 63.1 Å². The Balaban J connectivity index is 0.772. The number of allylic oxidation sites excluding steroid dienone is 4. The molecule has 11 atom stereocenters. The maximum Gasteiger partial charge on any atom is 0.415 e. The van der Waals surface area contributed by atoms with Crippen molar-refractivity contribution in [2.75, 3.05) is 59.7 Å². The molecule has 1 heterocycles. The molecule has 19 heteroatoms. The minimum Gasteiger partial charge on any atom is -0.480 e. The third kappa shape index (κ3) is 14.9. The molecule has 1 aromatic carbocycles. The fourth-order valence-electron chi connectivity index (χ4n) is 15.1. The standard InChI is InChI=1S/C63H93N5O13S/c1-37(46-18-19-47-45-17-15-42-33-43(69)22-24-62(42,8)48(45)35-52(70)63(46,47)9)14-21-54(72)66-50(59(76)77)13-11-12-25-64-53(71)23-29-79-31-32-80-30-28-68(60(78)81-44-16-20-49-51(34-44)82-41(5)65-49)27-26-67(10)55(73)36-61(6,7)56-40(4)57(74)38(2)39(3)58(56)75/h16,20,34,37,42-43,45-48,50,52,69-70H,11-15,17-19,21-33,35-36H2,1-10H3,(H,64,71)(H,66,72)(H,76,77)/t37-,42-,43-,45+,46-,47+,48+,50?,52+,62+,63-/m1/s1. The number of nitrogens with zero attached hydrogens (tertiary/aromatic N) is 3. The summed E-state index contributed by atoms with van der Waals surface area (Å²) in [6.07, 6.45) is 8.93. The first-order chi connectivity index (χ1) is 38.8. The summed E-state index contributed by atoms with van der Waals surface area (Å²) in [6.45, 7) is 18.7. The van der Waals surface area contributed by atoms with E-state index in [0.29, 0.717) is 77.5 Å². The number of aryl methyl sites for hydroxylation is 1. The Labute approximate surface area is 488 Å². The van der Waals surface area contributed by atoms with Crippen LogP contribution in [0.3, 0.4) is 0 Å². The minimum absolute atomic E-state index is 0.0340. The molecule has 5 N–H and O–H groups in total. The van der Waals surface area contributed by atoms with Crippen molar-refractivity contribution in [2.24, 2.45) is 51.8 Å². The monoisotopic (exact) mass is 1160 g/mol. The molecule has 0 saturated heterocycles. The summed E-state index contributed by atoms with van der Waals surface area (Å²) < 4.78 is 18.1. The highest BCUT2D eigenvalue weighted by molar-refractivity contribution is 7.18. The number of amides is 4. The fourth-order valence-corrected chi connectivity index (χ4v) is 16.0. The molecule has 5 aliphatic carbocycles. The van der Waals surface area contributed by atoms with Crippen LogP contribution in [0.4, 0.5) is 4.79 Å². The highest BCUT2D eigenvalue weighted by Gasteiger charge is 2.63. The smallest absolute Gasteiger partial charge is 0.415 e. The highest BCUT2D eigenvalue weighted by atomic mass is 32.1. The molecule has 0 spiro atoms. The SMILES string of the molecule is CC1=C(C)C(=O)C(C(C)(C)CC(=O)N(C)CCN(CCOCCOCCC(=O)NCCCCC(NC(=O)CC[C@@H](C)[C@H]2CC[C@H]3[C@@H]4CC[C@@H]5C[C@H](O)CC[C@]5(C)[C@H]4C[C@H](O)[C@]23C)C(=O)O)C(=O)Oc2ccc3nc(C)sc3c2)=C(C)C1=O. The lowest BCUT2D eigenvalue weighted by atomic mass is 9.43. The molecule has 1 aromatic heterocycles. The van der Waals surface area contributed by atoms with Crippen molar-refractivity contribution in [3.8, 4) is 5.75 Å². The summed E-state index contributed by atoms with van der Waals surface area (Å²) in [5, 5.41) is 38.8. The van der Waals surface area contributed by atoms with E-state index in [1.165, 1.54) is 21.1 Å². The number of Topliss-reactive ketones (excluding diaryl/α,β-unsaturated/α-hetero) is 2. The largest absolute Gasteiger partial charge is 0.480 e. The van der Waals surface area contributed by atoms with Crippen molar-refractivity contribution in [3.63, 3.8) is 0 Å². The second-order valence-corrected chi connectivity index (χ2v) is 26.9. The number of thiazole rings is 1. The predicted octanol–water partition coefficient (Wildman–Crippen LogP) is 8.77. The van der Waals surface area contributed by atoms with Crippen LogP contribution in [0.2, 0.25) is 0 Å². The number of benzene rings is 1. The average Bonchev–Trinajstić information content (AvgIpc) is 3.28. The molecular formula is C63H93N5O13S. The van der Waals surface area contributed by atoms with Crippen LogP contribution >= 0.6 is 11.3 Å². The Bertz CT molecular complexity index is 2740. The van der Waals surface area contributed by atoms with Crippen LogP contribution in [0.1, 0.15) is 157 Å². The van der Waals surface area contributed by atoms with Crippen LogP contribution in [0.15, 0.2) is 40.5 Å². The van der Waals surface area contributed by atoms with Crippen molar-refractivity contribution in [2.45, 2.75) is 177 Å². The van der Waals surface area contributed by atoms with Gasteiger partial charge in [-0.15, -0.1) is 11.3 Å². The Hall–Kier alpha value is -5.08. The van der Waals surface area contributed by atoms with Gasteiger partial charge in [-0.3, -0.25) is 24.0 Å². The Kier molecular flexibility index (Phi) is 21.8. The van der Waals surface area contributed by atoms with Crippen LogP contribution in [0.5, 0.6) is 5.75 Å². The van der Waals surface area contributed by atoms with E-state index in [4.69, 9.17) is 14.2 Å². The number of carboxylic acids is 1. The van der Waals surface area contributed by atoms with E-state index >= 15 is 0 Å². The van der Waals surface area contributed by atoms with E-state index in [2.05, 4.69) is 36.4 Å². The molecule has 0 bridgehead atoms. The number of hydrogen-bond acceptors (Lipinski definition) is 14. The van der Waals surface area contributed by atoms with Crippen LogP contribution in [-0.4, -0.2) is 149 Å². The third-order valence-electron chi connectivity index (χ3n) is 20.1. The number of carbonyl (C=O) groups excluding carboxylic acids is 6. The summed E-state index contributed by atoms with van der Waals surface area (Å²) in [5.41, 5.74) is 1.30. The second-order valence-electron chi connectivity index (χ2n) is 25.7. The van der Waals surface area contributed by atoms with E-state index in [-0.39, 0.29) is 130 Å². The number of fused-ring (bicyclic) bond motifs is 6. The van der Waals surface area contributed by atoms with Gasteiger partial charge in [0.2, 0.25) is 17.7 Å². The van der Waals surface area contributed by atoms with Gasteiger partial charge in [-0.05, 0) is 163 Å². The number of likely N-dealkylation sites (N-methyl/N-ethyl adjacent to an activating group) is 1. The van der Waals surface area contributed by atoms with Crippen molar-refractivity contribution in [1.29, 1.82) is 0 Å². The van der Waals surface area contributed by atoms with Gasteiger partial charge in [0.25, 0.3) is 0 Å². The predicted molar refractivity (Wildman–Crippen MR) is 313 cm³/mol. The lowest BCUT2D eigenvalue weighted by Crippen LogP contribution is -2.58. The number of nitrogens with one attached hydrogen (secondary N) is 2. The summed E-state index contributed by atoms with van der Waals surface area (Å²) in [6, 6.07) is 4.19. The molecule has 454 valence electrons. The van der Waals surface area contributed by atoms with E-state index in [1.807, 2.05) is 6.92 Å². The maximum absolute atomic E-state index is 13.6. The number of carboxylic acid groups (broad SMARTS) is 1. The summed E-state index contributed by atoms with van der Waals surface area (Å²) in [5.74, 6) is 0.552. The highest BCUT2D eigenvalue weighted by Crippen LogP contribution is 2.68. The zero-order valence-electron chi connectivity index (χ0n) is 50.4. The molecule has 2 aromatic rings. The normalized spacial score (nSPS) is 27.1. The van der Waals surface area contributed by atoms with Crippen molar-refractivity contribution >= 4 is 62.9 Å². The summed E-state index contributed by atoms with van der Waals surface area (Å²) in [7, 11) is 1.62. The summed E-state index contributed by atoms with van der Waals surface area (Å²) in [4.78, 5) is 98.9. The lowest BCUT2D eigenvalue weighted by Gasteiger charge is -2.62. The first kappa shape index (κ1) is 64.5. The van der Waals surface area contributed by atoms with E-state index < -0.39 is 29.6 Å². The molecule has 1 unspecified atom stereocenters. The number of ketones is 2. The molecule has 0 aliphatic heterocycles. The van der Waals surface area contributed by atoms with Crippen LogP contribution in [0.25, 0.3) is 10.2 Å². The first-order valence-corrected chi connectivity index (χ1v) is 30.9. The number of aliphatic hydroxyl groups excluding tert-OH is 2. The molecule has 82 heavy (non-hydrogen) atoms. The number of rotatable bonds is 27. The van der Waals surface area contributed by atoms with Gasteiger partial charge < -0.3 is 50.0 Å². The number of carbonyl (C=O) groups is 7. The van der Waals surface area contributed by atoms with Crippen LogP contribution in [-0.2, 0) is 38.2 Å². The Morgan fingerprint density at radius 1 is 0.829 bits per heavy atom. The Morgan fingerprint density at radius 3 is 2.28 bits per heavy atom. The quantitative estimate of drug-likeness (QED) is 0.0414. The molecule has 7 rings (SSSR count). The van der Waals surface area contributed by atoms with E-state index in [1.54, 1.807) is 59.9 Å². The zero-order valence-corrected chi connectivity index (χ0v) is 51.2. The number of aliphatic hydroxyl groups is 2. The third-order valence-corrected chi connectivity index (χ3v) is 21.0. The van der Waals surface area contributed by atoms with Gasteiger partial charge in [-0.25, -0.2) is 14.6 Å². The number of aromatic nitrogens is 1. The number of hydrogen-bond donors (Lipinski definition) is 5. The van der Waals surface area contributed by atoms with Gasteiger partial charge >= 0.3 is 12.1 Å². The summed E-state index contributed by atoms with van der Waals surface area (Å²) >= 11 is 1.48. The fraction of sp³-hybridized carbons (Fsp3) is 0.714. The zero-order chi connectivity index (χ0) is 59.8. The maximum atomic E-state index is 13.6. The number of unbranched alkanes of at least 4 members (excludes halogenated alkanes) is 1. The molecular weight excluding hydrogens is 1070 g/mol. The molecule has 0 radical (unpaired) electrons. The molecule has 4 amide bonds. The second kappa shape index (κ2) is 27.8. The van der Waals surface area contributed by atoms with Gasteiger partial charge in [0.15, 0.2) is 11.6 Å². The number of ether oxygens (including phenoxy) is 3.